The normalized spacial score (nSPS) is 13.5. The molecule has 0 saturated heterocycles. The van der Waals surface area contributed by atoms with E-state index < -0.39 is 0 Å². The predicted octanol–water partition coefficient (Wildman–Crippen LogP) is 3.72. The number of ether oxygens (including phenoxy) is 1. The van der Waals surface area contributed by atoms with Crippen molar-refractivity contribution in [2.75, 3.05) is 19.8 Å². The highest BCUT2D eigenvalue weighted by Crippen LogP contribution is 2.22. The zero-order valence-corrected chi connectivity index (χ0v) is 12.5. The van der Waals surface area contributed by atoms with Crippen LogP contribution in [0.5, 0.6) is 0 Å². The number of nitrogens with one attached hydrogen (secondary N) is 1. The molecule has 0 amide bonds. The van der Waals surface area contributed by atoms with Crippen LogP contribution in [0.2, 0.25) is 0 Å². The van der Waals surface area contributed by atoms with E-state index in [-0.39, 0.29) is 17.3 Å². The van der Waals surface area contributed by atoms with Crippen molar-refractivity contribution >= 4 is 0 Å². The van der Waals surface area contributed by atoms with Gasteiger partial charge in [-0.05, 0) is 45.7 Å². The van der Waals surface area contributed by atoms with Gasteiger partial charge in [-0.3, -0.25) is 0 Å². The number of halogens is 1. The number of rotatable bonds is 7. The molecule has 0 fully saturated rings. The first-order valence-corrected chi connectivity index (χ1v) is 7.01. The molecule has 1 N–H and O–H groups in total. The third-order valence-electron chi connectivity index (χ3n) is 3.04. The van der Waals surface area contributed by atoms with E-state index in [1.807, 2.05) is 19.1 Å². The average molecular weight is 267 g/mol. The Morgan fingerprint density at radius 1 is 1.26 bits per heavy atom. The molecule has 0 aromatic heterocycles. The number of hydrogen-bond acceptors (Lipinski definition) is 2. The van der Waals surface area contributed by atoms with Gasteiger partial charge in [-0.2, -0.15) is 0 Å². The number of benzene rings is 1. The lowest BCUT2D eigenvalue weighted by atomic mass is 9.94. The fourth-order valence-electron chi connectivity index (χ4n) is 1.97. The molecule has 2 nitrogen and oxygen atoms in total. The topological polar surface area (TPSA) is 21.3 Å². The van der Waals surface area contributed by atoms with E-state index in [9.17, 15) is 4.39 Å². The molecule has 0 radical (unpaired) electrons. The van der Waals surface area contributed by atoms with Crippen molar-refractivity contribution < 1.29 is 9.13 Å². The molecular formula is C16H26FNO. The summed E-state index contributed by atoms with van der Waals surface area (Å²) in [5.74, 6) is 0.0201. The van der Waals surface area contributed by atoms with E-state index in [1.165, 1.54) is 6.07 Å². The first kappa shape index (κ1) is 16.1. The molecule has 108 valence electrons. The summed E-state index contributed by atoms with van der Waals surface area (Å²) in [6, 6.07) is 7.02. The van der Waals surface area contributed by atoms with Gasteiger partial charge in [0.2, 0.25) is 0 Å². The molecule has 1 aromatic carbocycles. The third kappa shape index (κ3) is 6.17. The van der Waals surface area contributed by atoms with E-state index in [0.717, 1.165) is 18.5 Å². The van der Waals surface area contributed by atoms with Gasteiger partial charge in [0.15, 0.2) is 0 Å². The van der Waals surface area contributed by atoms with Crippen molar-refractivity contribution in [3.63, 3.8) is 0 Å². The fraction of sp³-hybridized carbons (Fsp3) is 0.625. The Kier molecular flexibility index (Phi) is 6.46. The smallest absolute Gasteiger partial charge is 0.126 e. The maximum atomic E-state index is 13.9. The van der Waals surface area contributed by atoms with Gasteiger partial charge in [-0.25, -0.2) is 4.39 Å². The molecule has 0 aliphatic rings. The van der Waals surface area contributed by atoms with Gasteiger partial charge in [0.05, 0.1) is 0 Å². The van der Waals surface area contributed by atoms with Crippen LogP contribution < -0.4 is 5.32 Å². The van der Waals surface area contributed by atoms with Crippen LogP contribution in [0.1, 0.15) is 45.6 Å². The Morgan fingerprint density at radius 2 is 1.95 bits per heavy atom. The largest absolute Gasteiger partial charge is 0.382 e. The maximum Gasteiger partial charge on any atom is 0.126 e. The Balaban J connectivity index is 2.71. The molecule has 19 heavy (non-hydrogen) atoms. The minimum Gasteiger partial charge on any atom is -0.382 e. The van der Waals surface area contributed by atoms with E-state index in [2.05, 4.69) is 26.1 Å². The maximum absolute atomic E-state index is 13.9. The molecule has 0 aliphatic heterocycles. The van der Waals surface area contributed by atoms with Gasteiger partial charge in [-0.1, -0.05) is 18.2 Å². The summed E-state index contributed by atoms with van der Waals surface area (Å²) in [5.41, 5.74) is 0.814. The Hall–Kier alpha value is -0.930. The minimum atomic E-state index is -0.125. The van der Waals surface area contributed by atoms with Crippen LogP contribution in [-0.2, 0) is 4.74 Å². The van der Waals surface area contributed by atoms with Crippen molar-refractivity contribution in [2.24, 2.45) is 0 Å². The van der Waals surface area contributed by atoms with Gasteiger partial charge in [0, 0.05) is 31.2 Å². The van der Waals surface area contributed by atoms with Crippen LogP contribution in [0.25, 0.3) is 0 Å². The Labute approximate surface area is 116 Å². The number of hydrogen-bond donors (Lipinski definition) is 1. The Morgan fingerprint density at radius 3 is 2.53 bits per heavy atom. The summed E-state index contributed by atoms with van der Waals surface area (Å²) in [4.78, 5) is 0. The fourth-order valence-corrected chi connectivity index (χ4v) is 1.97. The summed E-state index contributed by atoms with van der Waals surface area (Å²) in [7, 11) is 0. The molecule has 1 rings (SSSR count). The summed E-state index contributed by atoms with van der Waals surface area (Å²) in [5, 5.41) is 3.45. The minimum absolute atomic E-state index is 0.0368. The highest BCUT2D eigenvalue weighted by Gasteiger charge is 2.18. The molecular weight excluding hydrogens is 241 g/mol. The average Bonchev–Trinajstić information content (AvgIpc) is 2.33. The van der Waals surface area contributed by atoms with Crippen molar-refractivity contribution in [3.8, 4) is 0 Å². The zero-order chi connectivity index (χ0) is 14.3. The quantitative estimate of drug-likeness (QED) is 0.760. The van der Waals surface area contributed by atoms with Crippen LogP contribution in [0, 0.1) is 5.82 Å². The molecule has 3 heteroatoms. The highest BCUT2D eigenvalue weighted by molar-refractivity contribution is 5.22. The lowest BCUT2D eigenvalue weighted by molar-refractivity contribution is 0.138. The van der Waals surface area contributed by atoms with E-state index in [4.69, 9.17) is 4.74 Å². The van der Waals surface area contributed by atoms with Gasteiger partial charge in [0.25, 0.3) is 0 Å². The second-order valence-corrected chi connectivity index (χ2v) is 5.83. The SMILES string of the molecule is CCOCCC(CNC(C)(C)C)c1ccccc1F. The van der Waals surface area contributed by atoms with Crippen molar-refractivity contribution in [2.45, 2.75) is 45.6 Å². The Bertz CT molecular complexity index is 373. The van der Waals surface area contributed by atoms with Gasteiger partial charge in [-0.15, -0.1) is 0 Å². The van der Waals surface area contributed by atoms with Crippen molar-refractivity contribution in [1.82, 2.24) is 5.32 Å². The van der Waals surface area contributed by atoms with Gasteiger partial charge >= 0.3 is 0 Å². The van der Waals surface area contributed by atoms with Crippen LogP contribution in [0.3, 0.4) is 0 Å². The molecule has 1 aromatic rings. The molecule has 1 unspecified atom stereocenters. The zero-order valence-electron chi connectivity index (χ0n) is 12.5. The lowest BCUT2D eigenvalue weighted by Crippen LogP contribution is -2.39. The van der Waals surface area contributed by atoms with E-state index in [1.54, 1.807) is 6.07 Å². The summed E-state index contributed by atoms with van der Waals surface area (Å²) in [6.07, 6.45) is 0.831. The molecule has 0 saturated carbocycles. The standard InChI is InChI=1S/C16H26FNO/c1-5-19-11-10-13(12-18-16(2,3)4)14-8-6-7-9-15(14)17/h6-9,13,18H,5,10-12H2,1-4H3. The molecule has 0 heterocycles. The first-order chi connectivity index (χ1) is 8.94. The third-order valence-corrected chi connectivity index (χ3v) is 3.04. The van der Waals surface area contributed by atoms with E-state index in [0.29, 0.717) is 13.2 Å². The van der Waals surface area contributed by atoms with Crippen molar-refractivity contribution in [3.05, 3.63) is 35.6 Å². The van der Waals surface area contributed by atoms with Gasteiger partial charge < -0.3 is 10.1 Å². The molecule has 0 aliphatic carbocycles. The lowest BCUT2D eigenvalue weighted by Gasteiger charge is -2.26. The van der Waals surface area contributed by atoms with E-state index >= 15 is 0 Å². The monoisotopic (exact) mass is 267 g/mol. The molecule has 0 spiro atoms. The molecule has 0 bridgehead atoms. The summed E-state index contributed by atoms with van der Waals surface area (Å²) >= 11 is 0. The predicted molar refractivity (Wildman–Crippen MR) is 78.0 cm³/mol. The van der Waals surface area contributed by atoms with Crippen LogP contribution in [-0.4, -0.2) is 25.3 Å². The summed E-state index contributed by atoms with van der Waals surface area (Å²) < 4.78 is 19.3. The second kappa shape index (κ2) is 7.61. The summed E-state index contributed by atoms with van der Waals surface area (Å²) in [6.45, 7) is 10.5. The van der Waals surface area contributed by atoms with Gasteiger partial charge in [0.1, 0.15) is 5.82 Å². The van der Waals surface area contributed by atoms with Crippen molar-refractivity contribution in [1.29, 1.82) is 0 Å². The van der Waals surface area contributed by atoms with Crippen LogP contribution in [0.15, 0.2) is 24.3 Å². The van der Waals surface area contributed by atoms with Crippen LogP contribution in [0.4, 0.5) is 4.39 Å². The van der Waals surface area contributed by atoms with Crippen LogP contribution >= 0.6 is 0 Å². The second-order valence-electron chi connectivity index (χ2n) is 5.83. The molecule has 1 atom stereocenters. The highest BCUT2D eigenvalue weighted by atomic mass is 19.1. The first-order valence-electron chi connectivity index (χ1n) is 7.01.